The molecule has 0 bridgehead atoms. The van der Waals surface area contributed by atoms with Gasteiger partial charge in [0.15, 0.2) is 5.82 Å². The number of Topliss-reactive ketones (excluding diaryl/α,β-unsaturated/α-hetero) is 1. The Morgan fingerprint density at radius 1 is 1.50 bits per heavy atom. The zero-order valence-corrected chi connectivity index (χ0v) is 17.2. The van der Waals surface area contributed by atoms with Gasteiger partial charge >= 0.3 is 5.76 Å². The van der Waals surface area contributed by atoms with Gasteiger partial charge in [0.05, 0.1) is 7.11 Å². The molecule has 22 heavy (non-hydrogen) atoms. The number of methoxy groups -OCH3 is 1. The molecule has 0 spiro atoms. The van der Waals surface area contributed by atoms with Crippen molar-refractivity contribution in [3.63, 3.8) is 0 Å². The Morgan fingerprint density at radius 3 is 2.91 bits per heavy atom. The molecule has 0 aromatic carbocycles. The van der Waals surface area contributed by atoms with Gasteiger partial charge in [-0.15, -0.1) is 0 Å². The van der Waals surface area contributed by atoms with Crippen molar-refractivity contribution >= 4 is 11.8 Å². The molecule has 0 saturated carbocycles. The average molecular weight is 523 g/mol. The van der Waals surface area contributed by atoms with E-state index >= 15 is 0 Å². The molecule has 2 heterocycles. The topological polar surface area (TPSA) is 115 Å². The van der Waals surface area contributed by atoms with E-state index in [0.29, 0.717) is 18.7 Å². The summed E-state index contributed by atoms with van der Waals surface area (Å²) >= 11 is 0. The van der Waals surface area contributed by atoms with Crippen LogP contribution in [0.1, 0.15) is 44.0 Å². The van der Waals surface area contributed by atoms with Crippen molar-refractivity contribution in [2.45, 2.75) is 50.6 Å². The van der Waals surface area contributed by atoms with Gasteiger partial charge in [-0.25, -0.2) is 4.79 Å². The maximum Gasteiger partial charge on any atom is 0.441 e. The largest absolute Gasteiger partial charge is 0.665 e. The van der Waals surface area contributed by atoms with Crippen LogP contribution in [0.2, 0.25) is 0 Å². The second-order valence-electron chi connectivity index (χ2n) is 5.16. The third-order valence-corrected chi connectivity index (χ3v) is 3.64. The van der Waals surface area contributed by atoms with Crippen molar-refractivity contribution in [3.05, 3.63) is 22.1 Å². The summed E-state index contributed by atoms with van der Waals surface area (Å²) in [5, 5.41) is 3.73. The number of carbonyl (C=O) groups is 2. The monoisotopic (exact) mass is 523 g/mol. The van der Waals surface area contributed by atoms with Crippen molar-refractivity contribution in [2.75, 3.05) is 7.11 Å². The molecule has 0 saturated heterocycles. The molecule has 2 atom stereocenters. The Kier molecular flexibility index (Phi) is 7.94. The van der Waals surface area contributed by atoms with E-state index in [1.807, 2.05) is 0 Å². The number of rotatable bonds is 5. The van der Waals surface area contributed by atoms with Crippen molar-refractivity contribution in [3.8, 4) is 0 Å². The molecule has 0 aliphatic carbocycles. The minimum absolute atomic E-state index is 0. The number of nitrogens with one attached hydrogen (secondary N) is 1. The first-order valence-corrected chi connectivity index (χ1v) is 6.90. The van der Waals surface area contributed by atoms with Crippen molar-refractivity contribution in [2.24, 2.45) is 0 Å². The third-order valence-electron chi connectivity index (χ3n) is 3.64. The summed E-state index contributed by atoms with van der Waals surface area (Å²) in [6, 6.07) is -1.52. The summed E-state index contributed by atoms with van der Waals surface area (Å²) in [7, 11) is 1.18. The molecule has 1 aliphatic rings. The number of fused-ring (bicyclic) bond motifs is 1. The van der Waals surface area contributed by atoms with Crippen LogP contribution in [-0.4, -0.2) is 34.6 Å². The van der Waals surface area contributed by atoms with E-state index in [9.17, 15) is 14.4 Å². The first-order valence-electron chi connectivity index (χ1n) is 6.90. The summed E-state index contributed by atoms with van der Waals surface area (Å²) in [4.78, 5) is 34.9. The number of carbonyl (C=O) groups excluding carboxylic acids is 2. The van der Waals surface area contributed by atoms with Crippen LogP contribution >= 0.6 is 0 Å². The molecule has 9 heteroatoms. The number of aryl methyl sites for hydroxylation is 1. The Balaban J connectivity index is 0.00000242. The number of esters is 1. The smallest absolute Gasteiger partial charge is 0.441 e. The van der Waals surface area contributed by atoms with Crippen LogP contribution in [0.25, 0.3) is 5.73 Å². The van der Waals surface area contributed by atoms with E-state index in [1.54, 1.807) is 0 Å². The molecular formula is C13H18AcN3O5-. The van der Waals surface area contributed by atoms with Gasteiger partial charge in [0.1, 0.15) is 5.78 Å². The fourth-order valence-corrected chi connectivity index (χ4v) is 2.60. The van der Waals surface area contributed by atoms with E-state index in [2.05, 4.69) is 14.4 Å². The fourth-order valence-electron chi connectivity index (χ4n) is 2.60. The minimum Gasteiger partial charge on any atom is -0.665 e. The van der Waals surface area contributed by atoms with Crippen molar-refractivity contribution in [1.82, 2.24) is 9.72 Å². The van der Waals surface area contributed by atoms with Gasteiger partial charge < -0.3 is 10.5 Å². The van der Waals surface area contributed by atoms with E-state index in [0.717, 1.165) is 12.8 Å². The number of hydrogen-bond donors (Lipinski definition) is 0. The number of nitrogens with zero attached hydrogens (tertiary/aromatic N) is 2. The second-order valence-corrected chi connectivity index (χ2v) is 5.16. The number of ether oxygens (including phenoxy) is 1. The zero-order valence-electron chi connectivity index (χ0n) is 12.4. The van der Waals surface area contributed by atoms with Gasteiger partial charge in [0.25, 0.3) is 5.97 Å². The van der Waals surface area contributed by atoms with E-state index in [4.69, 9.17) is 5.73 Å². The molecule has 0 fully saturated rings. The summed E-state index contributed by atoms with van der Waals surface area (Å²) < 4.78 is 10.5. The molecule has 1 radical (unpaired) electrons. The molecular weight excluding hydrogens is 505 g/mol. The molecule has 2 rings (SSSR count). The quantitative estimate of drug-likeness (QED) is 0.533. The first kappa shape index (κ1) is 19.5. The average Bonchev–Trinajstić information content (AvgIpc) is 2.69. The van der Waals surface area contributed by atoms with Crippen LogP contribution < -0.4 is 5.76 Å². The normalized spacial score (nSPS) is 18.5. The molecule has 8 nitrogen and oxygen atoms in total. The van der Waals surface area contributed by atoms with Crippen LogP contribution in [0.4, 0.5) is 0 Å². The Bertz CT molecular complexity index is 582. The molecule has 1 aromatic heterocycles. The van der Waals surface area contributed by atoms with Crippen LogP contribution in [-0.2, 0) is 20.7 Å². The first-order chi connectivity index (χ1) is 10.0. The van der Waals surface area contributed by atoms with Crippen LogP contribution in [0.5, 0.6) is 0 Å². The summed E-state index contributed by atoms with van der Waals surface area (Å²) in [6.45, 7) is 0. The van der Waals surface area contributed by atoms with Gasteiger partial charge in [-0.05, 0) is 18.9 Å². The standard InChI is InChI=1S/C13H18N3O5.Ac/c1-20-12(18)10(14)7-9(17)6-8-4-2-3-5-11-15-21-13(19)16(8)11;/h8,10,14H,2-7H2,1H3;/q-1;. The maximum atomic E-state index is 12.0. The summed E-state index contributed by atoms with van der Waals surface area (Å²) in [6.07, 6.45) is 3.00. The molecule has 119 valence electrons. The Labute approximate surface area is 163 Å². The Morgan fingerprint density at radius 2 is 2.23 bits per heavy atom. The van der Waals surface area contributed by atoms with Crippen LogP contribution in [0.3, 0.4) is 0 Å². The van der Waals surface area contributed by atoms with Crippen molar-refractivity contribution in [1.29, 1.82) is 0 Å². The van der Waals surface area contributed by atoms with E-state index < -0.39 is 17.8 Å². The van der Waals surface area contributed by atoms with Gasteiger partial charge in [-0.1, -0.05) is 11.6 Å². The SMILES string of the molecule is COC(=O)C([NH-])CC(=O)CC1CCCCc2noc(=O)n21.[Ac]. The summed E-state index contributed by atoms with van der Waals surface area (Å²) in [5.74, 6) is -0.968. The number of aromatic nitrogens is 2. The predicted octanol–water partition coefficient (Wildman–Crippen LogP) is 1.05. The van der Waals surface area contributed by atoms with E-state index in [1.165, 1.54) is 11.7 Å². The molecule has 0 amide bonds. The number of ketones is 1. The van der Waals surface area contributed by atoms with Gasteiger partial charge in [0.2, 0.25) is 0 Å². The van der Waals surface area contributed by atoms with Crippen LogP contribution in [0.15, 0.2) is 9.32 Å². The molecule has 1 N–H and O–H groups in total. The third kappa shape index (κ3) is 4.74. The second kappa shape index (κ2) is 8.94. The summed E-state index contributed by atoms with van der Waals surface area (Å²) in [5.41, 5.74) is 7.53. The minimum atomic E-state index is -1.22. The van der Waals surface area contributed by atoms with E-state index in [-0.39, 0.29) is 68.7 Å². The Hall–Kier alpha value is -0.518. The van der Waals surface area contributed by atoms with Gasteiger partial charge in [-0.3, -0.25) is 18.7 Å². The molecule has 2 unspecified atom stereocenters. The molecule has 1 aliphatic heterocycles. The van der Waals surface area contributed by atoms with Gasteiger partial charge in [0, 0.05) is 69.4 Å². The van der Waals surface area contributed by atoms with Crippen molar-refractivity contribution < 1.29 is 62.9 Å². The van der Waals surface area contributed by atoms with Gasteiger partial charge in [-0.2, -0.15) is 0 Å². The number of hydrogen-bond acceptors (Lipinski definition) is 6. The fraction of sp³-hybridized carbons (Fsp3) is 0.692. The maximum absolute atomic E-state index is 12.0. The zero-order chi connectivity index (χ0) is 15.4. The predicted molar refractivity (Wildman–Crippen MR) is 71.7 cm³/mol. The molecule has 1 aromatic rings. The van der Waals surface area contributed by atoms with Crippen LogP contribution in [0, 0.1) is 44.1 Å².